The quantitative estimate of drug-likeness (QED) is 0.549. The molecule has 0 spiro atoms. The fraction of sp³-hybridized carbons (Fsp3) is 0.583. The van der Waals surface area contributed by atoms with Crippen LogP contribution in [0.4, 0.5) is 0 Å². The summed E-state index contributed by atoms with van der Waals surface area (Å²) in [5.41, 5.74) is 4.37. The first-order valence-electron chi connectivity index (χ1n) is 5.70. The Hall–Kier alpha value is -1.05. The Balaban J connectivity index is 2.09. The number of nitrogens with zero attached hydrogens (tertiary/aromatic N) is 2. The molecule has 0 saturated carbocycles. The van der Waals surface area contributed by atoms with Crippen molar-refractivity contribution in [2.24, 2.45) is 0 Å². The van der Waals surface area contributed by atoms with Crippen LogP contribution in [-0.4, -0.2) is 31.1 Å². The van der Waals surface area contributed by atoms with Gasteiger partial charge in [-0.05, 0) is 6.42 Å². The van der Waals surface area contributed by atoms with Gasteiger partial charge in [0.05, 0.1) is 24.4 Å². The molecule has 4 heteroatoms. The maximum Gasteiger partial charge on any atom is 0.129 e. The van der Waals surface area contributed by atoms with Crippen molar-refractivity contribution >= 4 is 8.07 Å². The van der Waals surface area contributed by atoms with E-state index >= 15 is 0 Å². The third-order valence-electron chi connectivity index (χ3n) is 2.46. The van der Waals surface area contributed by atoms with Crippen LogP contribution in [0.1, 0.15) is 18.0 Å². The van der Waals surface area contributed by atoms with Crippen molar-refractivity contribution in [1.82, 2.24) is 9.78 Å². The minimum absolute atomic E-state index is 0.405. The first-order chi connectivity index (χ1) is 7.54. The fourth-order valence-corrected chi connectivity index (χ4v) is 2.11. The predicted molar refractivity (Wildman–Crippen MR) is 66.9 cm³/mol. The van der Waals surface area contributed by atoms with Crippen LogP contribution in [0.5, 0.6) is 0 Å². The summed E-state index contributed by atoms with van der Waals surface area (Å²) >= 11 is 0. The van der Waals surface area contributed by atoms with Crippen molar-refractivity contribution in [3.05, 3.63) is 18.0 Å². The Morgan fingerprint density at radius 2 is 2.31 bits per heavy atom. The van der Waals surface area contributed by atoms with E-state index in [-0.39, 0.29) is 0 Å². The monoisotopic (exact) mass is 234 g/mol. The van der Waals surface area contributed by atoms with Crippen LogP contribution >= 0.6 is 0 Å². The Kier molecular flexibility index (Phi) is 3.17. The molecule has 3 nitrogen and oxygen atoms in total. The maximum atomic E-state index is 5.34. The lowest BCUT2D eigenvalue weighted by Gasteiger charge is -2.06. The molecule has 1 aromatic heterocycles. The Bertz CT molecular complexity index is 416. The van der Waals surface area contributed by atoms with Gasteiger partial charge in [-0.15, -0.1) is 5.54 Å². The predicted octanol–water partition coefficient (Wildman–Crippen LogP) is 2.07. The van der Waals surface area contributed by atoms with Gasteiger partial charge < -0.3 is 4.74 Å². The molecule has 0 N–H and O–H groups in total. The van der Waals surface area contributed by atoms with Crippen molar-refractivity contribution in [3.63, 3.8) is 0 Å². The van der Waals surface area contributed by atoms with Gasteiger partial charge in [-0.3, -0.25) is 4.68 Å². The summed E-state index contributed by atoms with van der Waals surface area (Å²) < 4.78 is 7.33. The van der Waals surface area contributed by atoms with Gasteiger partial charge >= 0.3 is 0 Å². The molecule has 2 rings (SSSR count). The normalized spacial score (nSPS) is 20.6. The van der Waals surface area contributed by atoms with E-state index in [2.05, 4.69) is 36.2 Å². The molecular weight excluding hydrogens is 216 g/mol. The molecule has 1 fully saturated rings. The summed E-state index contributed by atoms with van der Waals surface area (Å²) in [6.07, 6.45) is 4.94. The topological polar surface area (TPSA) is 27.1 Å². The van der Waals surface area contributed by atoms with Crippen LogP contribution in [0.15, 0.2) is 12.4 Å². The first-order valence-corrected chi connectivity index (χ1v) is 9.20. The largest absolute Gasteiger partial charge is 0.379 e. The van der Waals surface area contributed by atoms with Gasteiger partial charge in [0, 0.05) is 12.8 Å². The highest BCUT2D eigenvalue weighted by atomic mass is 28.3. The van der Waals surface area contributed by atoms with Crippen molar-refractivity contribution in [3.8, 4) is 11.5 Å². The molecule has 0 amide bonds. The highest BCUT2D eigenvalue weighted by Crippen LogP contribution is 2.17. The van der Waals surface area contributed by atoms with Crippen LogP contribution in [-0.2, 0) is 4.74 Å². The van der Waals surface area contributed by atoms with Crippen molar-refractivity contribution in [2.45, 2.75) is 32.1 Å². The summed E-state index contributed by atoms with van der Waals surface area (Å²) in [5, 5.41) is 4.35. The molecule has 1 aromatic rings. The molecule has 0 aromatic carbocycles. The number of rotatable bonds is 1. The molecule has 1 aliphatic rings. The molecule has 0 bridgehead atoms. The second kappa shape index (κ2) is 4.44. The second-order valence-electron chi connectivity index (χ2n) is 5.23. The maximum absolute atomic E-state index is 5.34. The Morgan fingerprint density at radius 1 is 1.50 bits per heavy atom. The smallest absolute Gasteiger partial charge is 0.129 e. The molecule has 1 aliphatic heterocycles. The van der Waals surface area contributed by atoms with Gasteiger partial charge in [0.2, 0.25) is 0 Å². The Morgan fingerprint density at radius 3 is 2.94 bits per heavy atom. The molecule has 16 heavy (non-hydrogen) atoms. The van der Waals surface area contributed by atoms with Crippen molar-refractivity contribution in [1.29, 1.82) is 0 Å². The summed E-state index contributed by atoms with van der Waals surface area (Å²) in [7, 11) is -1.29. The average molecular weight is 234 g/mol. The summed E-state index contributed by atoms with van der Waals surface area (Å²) in [4.78, 5) is 0. The van der Waals surface area contributed by atoms with Crippen LogP contribution in [0, 0.1) is 11.5 Å². The van der Waals surface area contributed by atoms with Gasteiger partial charge in [0.1, 0.15) is 8.07 Å². The van der Waals surface area contributed by atoms with Gasteiger partial charge in [0.25, 0.3) is 0 Å². The first kappa shape index (κ1) is 11.4. The number of hydrogen-bond donors (Lipinski definition) is 0. The van der Waals surface area contributed by atoms with E-state index in [4.69, 9.17) is 4.74 Å². The molecular formula is C12H18N2OSi. The average Bonchev–Trinajstić information content (AvgIpc) is 2.84. The zero-order chi connectivity index (χ0) is 11.6. The van der Waals surface area contributed by atoms with E-state index in [1.54, 1.807) is 0 Å². The summed E-state index contributed by atoms with van der Waals surface area (Å²) in [6, 6.07) is 0.405. The number of ether oxygens (including phenoxy) is 1. The lowest BCUT2D eigenvalue weighted by atomic mass is 10.3. The standard InChI is InChI=1S/C12H18N2OSi/c1-16(2,3)7-5-11-8-13-14(9-11)12-4-6-15-10-12/h8-9,12H,4,6,10H2,1-3H3/t12-/m1/s1. The van der Waals surface area contributed by atoms with E-state index in [0.717, 1.165) is 25.2 Å². The van der Waals surface area contributed by atoms with E-state index in [1.165, 1.54) is 0 Å². The molecule has 0 unspecified atom stereocenters. The molecule has 1 atom stereocenters. The highest BCUT2D eigenvalue weighted by Gasteiger charge is 2.17. The Labute approximate surface area is 97.8 Å². The number of aromatic nitrogens is 2. The molecule has 2 heterocycles. The SMILES string of the molecule is C[Si](C)(C)C#Cc1cnn([C@@H]2CCOC2)c1. The van der Waals surface area contributed by atoms with E-state index in [9.17, 15) is 0 Å². The van der Waals surface area contributed by atoms with E-state index in [0.29, 0.717) is 6.04 Å². The van der Waals surface area contributed by atoms with Crippen molar-refractivity contribution < 1.29 is 4.74 Å². The lowest BCUT2D eigenvalue weighted by molar-refractivity contribution is 0.184. The minimum Gasteiger partial charge on any atom is -0.379 e. The van der Waals surface area contributed by atoms with Crippen LogP contribution in [0.25, 0.3) is 0 Å². The van der Waals surface area contributed by atoms with E-state index < -0.39 is 8.07 Å². The third-order valence-corrected chi connectivity index (χ3v) is 3.34. The zero-order valence-corrected chi connectivity index (χ0v) is 11.2. The van der Waals surface area contributed by atoms with E-state index in [1.807, 2.05) is 17.1 Å². The summed E-state index contributed by atoms with van der Waals surface area (Å²) in [5.74, 6) is 3.22. The van der Waals surface area contributed by atoms with Crippen LogP contribution in [0.3, 0.4) is 0 Å². The zero-order valence-electron chi connectivity index (χ0n) is 10.2. The van der Waals surface area contributed by atoms with Crippen LogP contribution in [0.2, 0.25) is 19.6 Å². The van der Waals surface area contributed by atoms with Gasteiger partial charge in [-0.1, -0.05) is 25.6 Å². The second-order valence-corrected chi connectivity index (χ2v) is 9.98. The molecule has 0 radical (unpaired) electrons. The van der Waals surface area contributed by atoms with Crippen LogP contribution < -0.4 is 0 Å². The van der Waals surface area contributed by atoms with Gasteiger partial charge in [-0.25, -0.2) is 0 Å². The highest BCUT2D eigenvalue weighted by molar-refractivity contribution is 6.83. The van der Waals surface area contributed by atoms with Gasteiger partial charge in [-0.2, -0.15) is 5.10 Å². The lowest BCUT2D eigenvalue weighted by Crippen LogP contribution is -2.16. The third kappa shape index (κ3) is 2.97. The van der Waals surface area contributed by atoms with Crippen molar-refractivity contribution in [2.75, 3.05) is 13.2 Å². The fourth-order valence-electron chi connectivity index (χ4n) is 1.59. The molecule has 86 valence electrons. The molecule has 1 saturated heterocycles. The number of hydrogen-bond acceptors (Lipinski definition) is 2. The van der Waals surface area contributed by atoms with Gasteiger partial charge in [0.15, 0.2) is 0 Å². The minimum atomic E-state index is -1.29. The summed E-state index contributed by atoms with van der Waals surface area (Å²) in [6.45, 7) is 8.36. The molecule has 0 aliphatic carbocycles.